The largest absolute Gasteiger partial charge is 0.374 e. The Hall–Kier alpha value is -2.27. The molecule has 23 heavy (non-hydrogen) atoms. The van der Waals surface area contributed by atoms with Crippen molar-refractivity contribution >= 4 is 5.91 Å². The van der Waals surface area contributed by atoms with Crippen molar-refractivity contribution in [3.05, 3.63) is 60.2 Å². The van der Waals surface area contributed by atoms with Crippen molar-refractivity contribution in [2.24, 2.45) is 0 Å². The van der Waals surface area contributed by atoms with Crippen LogP contribution in [0.5, 0.6) is 0 Å². The van der Waals surface area contributed by atoms with Crippen LogP contribution in [-0.4, -0.2) is 46.1 Å². The first-order valence-corrected chi connectivity index (χ1v) is 7.96. The summed E-state index contributed by atoms with van der Waals surface area (Å²) in [4.78, 5) is 22.5. The molecule has 1 aromatic carbocycles. The fraction of sp³-hybridized carbons (Fsp3) is 0.389. The maximum absolute atomic E-state index is 12.6. The average molecular weight is 311 g/mol. The number of hydrogen-bond acceptors (Lipinski definition) is 4. The molecule has 0 radical (unpaired) electrons. The predicted octanol–water partition coefficient (Wildman–Crippen LogP) is 2.34. The Morgan fingerprint density at radius 3 is 2.87 bits per heavy atom. The predicted molar refractivity (Wildman–Crippen MR) is 87.0 cm³/mol. The van der Waals surface area contributed by atoms with E-state index in [1.807, 2.05) is 30.0 Å². The number of hydrogen-bond donors (Lipinski definition) is 0. The molecule has 2 atom stereocenters. The highest BCUT2D eigenvalue weighted by Gasteiger charge is 2.30. The topological polar surface area (TPSA) is 55.3 Å². The Kier molecular flexibility index (Phi) is 4.98. The van der Waals surface area contributed by atoms with E-state index in [0.717, 1.165) is 12.8 Å². The Bertz CT molecular complexity index is 633. The van der Waals surface area contributed by atoms with Crippen LogP contribution in [0.3, 0.4) is 0 Å². The summed E-state index contributed by atoms with van der Waals surface area (Å²) in [5.41, 5.74) is 1.68. The van der Waals surface area contributed by atoms with E-state index in [-0.39, 0.29) is 18.1 Å². The first kappa shape index (κ1) is 15.6. The number of morpholine rings is 1. The summed E-state index contributed by atoms with van der Waals surface area (Å²) in [7, 11) is 0. The fourth-order valence-electron chi connectivity index (χ4n) is 2.80. The van der Waals surface area contributed by atoms with Crippen LogP contribution >= 0.6 is 0 Å². The summed E-state index contributed by atoms with van der Waals surface area (Å²) >= 11 is 0. The van der Waals surface area contributed by atoms with Crippen LogP contribution in [0.15, 0.2) is 48.9 Å². The van der Waals surface area contributed by atoms with Gasteiger partial charge in [-0.25, -0.2) is 4.98 Å². The number of nitrogens with zero attached hydrogens (tertiary/aromatic N) is 3. The maximum Gasteiger partial charge on any atom is 0.274 e. The van der Waals surface area contributed by atoms with Crippen molar-refractivity contribution in [1.29, 1.82) is 0 Å². The van der Waals surface area contributed by atoms with Crippen molar-refractivity contribution in [2.75, 3.05) is 13.2 Å². The molecule has 1 saturated heterocycles. The molecular formula is C18H21N3O2. The van der Waals surface area contributed by atoms with Crippen LogP contribution in [0, 0.1) is 0 Å². The minimum absolute atomic E-state index is 0.0532. The number of aryl methyl sites for hydroxylation is 1. The second kappa shape index (κ2) is 7.33. The van der Waals surface area contributed by atoms with E-state index in [4.69, 9.17) is 4.74 Å². The van der Waals surface area contributed by atoms with Gasteiger partial charge in [-0.05, 0) is 25.3 Å². The second-order valence-electron chi connectivity index (χ2n) is 5.88. The lowest BCUT2D eigenvalue weighted by Gasteiger charge is -2.38. The van der Waals surface area contributed by atoms with E-state index in [9.17, 15) is 4.79 Å². The Morgan fingerprint density at radius 1 is 1.30 bits per heavy atom. The van der Waals surface area contributed by atoms with Crippen LogP contribution in [0.2, 0.25) is 0 Å². The van der Waals surface area contributed by atoms with Gasteiger partial charge < -0.3 is 9.64 Å². The Balaban J connectivity index is 1.61. The van der Waals surface area contributed by atoms with Gasteiger partial charge in [-0.1, -0.05) is 30.3 Å². The molecule has 0 spiro atoms. The lowest BCUT2D eigenvalue weighted by Crippen LogP contribution is -2.51. The second-order valence-corrected chi connectivity index (χ2v) is 5.88. The third-order valence-electron chi connectivity index (χ3n) is 4.15. The third-order valence-corrected chi connectivity index (χ3v) is 4.15. The molecule has 1 aliphatic heterocycles. The number of carbonyl (C=O) groups excluding carboxylic acids is 1. The molecule has 0 bridgehead atoms. The maximum atomic E-state index is 12.6. The van der Waals surface area contributed by atoms with Gasteiger partial charge in [0.25, 0.3) is 5.91 Å². The molecular weight excluding hydrogens is 290 g/mol. The number of carbonyl (C=O) groups is 1. The zero-order valence-electron chi connectivity index (χ0n) is 13.3. The van der Waals surface area contributed by atoms with Crippen molar-refractivity contribution < 1.29 is 9.53 Å². The summed E-state index contributed by atoms with van der Waals surface area (Å²) in [6.07, 6.45) is 6.55. The van der Waals surface area contributed by atoms with Crippen molar-refractivity contribution in [3.63, 3.8) is 0 Å². The molecule has 2 unspecified atom stereocenters. The van der Waals surface area contributed by atoms with Crippen LogP contribution in [-0.2, 0) is 11.2 Å². The zero-order valence-corrected chi connectivity index (χ0v) is 13.3. The smallest absolute Gasteiger partial charge is 0.274 e. The molecule has 120 valence electrons. The van der Waals surface area contributed by atoms with Crippen molar-refractivity contribution in [2.45, 2.75) is 31.9 Å². The van der Waals surface area contributed by atoms with Gasteiger partial charge >= 0.3 is 0 Å². The highest BCUT2D eigenvalue weighted by molar-refractivity contribution is 5.92. The number of aromatic nitrogens is 2. The van der Waals surface area contributed by atoms with E-state index in [1.54, 1.807) is 12.4 Å². The lowest BCUT2D eigenvalue weighted by atomic mass is 10.0. The van der Waals surface area contributed by atoms with E-state index in [0.29, 0.717) is 18.8 Å². The number of rotatable bonds is 4. The summed E-state index contributed by atoms with van der Waals surface area (Å²) in [5.74, 6) is -0.0707. The molecule has 0 aliphatic carbocycles. The monoisotopic (exact) mass is 311 g/mol. The van der Waals surface area contributed by atoms with Crippen LogP contribution in [0.25, 0.3) is 0 Å². The lowest BCUT2D eigenvalue weighted by molar-refractivity contribution is -0.0499. The molecule has 5 heteroatoms. The molecule has 2 heterocycles. The molecule has 1 amide bonds. The fourth-order valence-corrected chi connectivity index (χ4v) is 2.80. The molecule has 0 N–H and O–H groups in total. The number of amides is 1. The summed E-state index contributed by atoms with van der Waals surface area (Å²) < 4.78 is 5.90. The highest BCUT2D eigenvalue weighted by Crippen LogP contribution is 2.18. The minimum atomic E-state index is -0.0707. The SMILES string of the molecule is CC1COC(CCc2ccccc2)CN1C(=O)c1cnccn1. The van der Waals surface area contributed by atoms with Crippen LogP contribution in [0.1, 0.15) is 29.4 Å². The van der Waals surface area contributed by atoms with Gasteiger partial charge in [-0.3, -0.25) is 9.78 Å². The van der Waals surface area contributed by atoms with Gasteiger partial charge in [0, 0.05) is 18.9 Å². The van der Waals surface area contributed by atoms with Gasteiger partial charge in [0.15, 0.2) is 0 Å². The number of ether oxygens (including phenoxy) is 1. The molecule has 1 aliphatic rings. The van der Waals surface area contributed by atoms with Crippen LogP contribution < -0.4 is 0 Å². The molecule has 5 nitrogen and oxygen atoms in total. The first-order valence-electron chi connectivity index (χ1n) is 7.96. The Morgan fingerprint density at radius 2 is 2.13 bits per heavy atom. The van der Waals surface area contributed by atoms with Gasteiger partial charge in [0.1, 0.15) is 5.69 Å². The molecule has 2 aromatic rings. The number of benzene rings is 1. The molecule has 1 aromatic heterocycles. The van der Waals surface area contributed by atoms with Crippen LogP contribution in [0.4, 0.5) is 0 Å². The van der Waals surface area contributed by atoms with E-state index < -0.39 is 0 Å². The van der Waals surface area contributed by atoms with Gasteiger partial charge in [-0.15, -0.1) is 0 Å². The molecule has 3 rings (SSSR count). The van der Waals surface area contributed by atoms with Crippen molar-refractivity contribution in [1.82, 2.24) is 14.9 Å². The first-order chi connectivity index (χ1) is 11.2. The minimum Gasteiger partial charge on any atom is -0.374 e. The summed E-state index contributed by atoms with van der Waals surface area (Å²) in [6, 6.07) is 10.4. The van der Waals surface area contributed by atoms with Gasteiger partial charge in [0.2, 0.25) is 0 Å². The van der Waals surface area contributed by atoms with Crippen molar-refractivity contribution in [3.8, 4) is 0 Å². The molecule has 0 saturated carbocycles. The standard InChI is InChI=1S/C18H21N3O2/c1-14-13-23-16(8-7-15-5-3-2-4-6-15)12-21(14)18(22)17-11-19-9-10-20-17/h2-6,9-11,14,16H,7-8,12-13H2,1H3. The van der Waals surface area contributed by atoms with Gasteiger partial charge in [0.05, 0.1) is 24.9 Å². The van der Waals surface area contributed by atoms with Gasteiger partial charge in [-0.2, -0.15) is 0 Å². The van der Waals surface area contributed by atoms with E-state index in [1.165, 1.54) is 11.8 Å². The third kappa shape index (κ3) is 3.93. The average Bonchev–Trinajstić information content (AvgIpc) is 2.62. The normalized spacial score (nSPS) is 21.2. The quantitative estimate of drug-likeness (QED) is 0.869. The van der Waals surface area contributed by atoms with E-state index >= 15 is 0 Å². The highest BCUT2D eigenvalue weighted by atomic mass is 16.5. The molecule has 1 fully saturated rings. The van der Waals surface area contributed by atoms with E-state index in [2.05, 4.69) is 22.1 Å². The summed E-state index contributed by atoms with van der Waals surface area (Å²) in [6.45, 7) is 3.16. The zero-order chi connectivity index (χ0) is 16.1. The summed E-state index contributed by atoms with van der Waals surface area (Å²) in [5, 5.41) is 0. The Labute approximate surface area is 136 Å².